The Hall–Kier alpha value is -1.74. The summed E-state index contributed by atoms with van der Waals surface area (Å²) < 4.78 is 12.0. The van der Waals surface area contributed by atoms with Gasteiger partial charge in [0.15, 0.2) is 0 Å². The van der Waals surface area contributed by atoms with Gasteiger partial charge in [0.25, 0.3) is 0 Å². The van der Waals surface area contributed by atoms with Crippen LogP contribution in [0.25, 0.3) is 0 Å². The second-order valence-electron chi connectivity index (χ2n) is 4.08. The lowest BCUT2D eigenvalue weighted by Gasteiger charge is -2.18. The van der Waals surface area contributed by atoms with E-state index in [0.717, 1.165) is 24.0 Å². The molecule has 0 aliphatic carbocycles. The molecule has 0 fully saturated rings. The molecule has 2 aromatic carbocycles. The molecule has 0 heterocycles. The lowest BCUT2D eigenvalue weighted by Crippen LogP contribution is -2.29. The number of hydrogen-bond donors (Lipinski definition) is 0. The van der Waals surface area contributed by atoms with Crippen molar-refractivity contribution in [1.29, 1.82) is 0 Å². The van der Waals surface area contributed by atoms with Gasteiger partial charge in [-0.1, -0.05) is 49.7 Å². The average molecular weight is 258 g/mol. The predicted octanol–water partition coefficient (Wildman–Crippen LogP) is 3.77. The minimum absolute atomic E-state index is 0.901. The highest BCUT2D eigenvalue weighted by atomic mass is 28.3. The molecule has 0 unspecified atom stereocenters. The summed E-state index contributed by atoms with van der Waals surface area (Å²) in [5.41, 5.74) is 0. The van der Waals surface area contributed by atoms with Gasteiger partial charge in [0.2, 0.25) is 0 Å². The fraction of sp³-hybridized carbons (Fsp3) is 0.200. The molecule has 94 valence electrons. The van der Waals surface area contributed by atoms with Gasteiger partial charge < -0.3 is 8.85 Å². The largest absolute Gasteiger partial charge is 0.514 e. The van der Waals surface area contributed by atoms with E-state index in [0.29, 0.717) is 0 Å². The fourth-order valence-corrected chi connectivity index (χ4v) is 3.36. The third kappa shape index (κ3) is 3.93. The van der Waals surface area contributed by atoms with Crippen LogP contribution in [0.5, 0.6) is 11.5 Å². The van der Waals surface area contributed by atoms with Crippen LogP contribution in [-0.4, -0.2) is 9.28 Å². The van der Waals surface area contributed by atoms with Crippen molar-refractivity contribution in [3.63, 3.8) is 0 Å². The number of rotatable bonds is 6. The van der Waals surface area contributed by atoms with Crippen LogP contribution in [-0.2, 0) is 0 Å². The van der Waals surface area contributed by atoms with Crippen molar-refractivity contribution in [2.75, 3.05) is 0 Å². The van der Waals surface area contributed by atoms with Gasteiger partial charge in [-0.05, 0) is 24.3 Å². The van der Waals surface area contributed by atoms with Crippen molar-refractivity contribution in [2.24, 2.45) is 0 Å². The molecule has 0 bridgehead atoms. The van der Waals surface area contributed by atoms with Gasteiger partial charge in [-0.3, -0.25) is 0 Å². The van der Waals surface area contributed by atoms with Crippen molar-refractivity contribution in [2.45, 2.75) is 19.4 Å². The van der Waals surface area contributed by atoms with Gasteiger partial charge in [0, 0.05) is 6.04 Å². The Bertz CT molecular complexity index is 403. The highest BCUT2D eigenvalue weighted by molar-refractivity contribution is 6.46. The van der Waals surface area contributed by atoms with Crippen LogP contribution in [0.4, 0.5) is 0 Å². The van der Waals surface area contributed by atoms with Crippen molar-refractivity contribution in [1.82, 2.24) is 0 Å². The second kappa shape index (κ2) is 6.86. The summed E-state index contributed by atoms with van der Waals surface area (Å²) >= 11 is 0. The van der Waals surface area contributed by atoms with Crippen molar-refractivity contribution in [3.05, 3.63) is 60.7 Å². The van der Waals surface area contributed by atoms with Crippen LogP contribution in [0, 0.1) is 0 Å². The quantitative estimate of drug-likeness (QED) is 0.734. The SMILES string of the molecule is CCC[SiH](Oc1ccccc1)Oc1ccccc1. The average Bonchev–Trinajstić information content (AvgIpc) is 2.41. The fourth-order valence-electron chi connectivity index (χ4n) is 1.68. The van der Waals surface area contributed by atoms with Gasteiger partial charge in [-0.15, -0.1) is 0 Å². The van der Waals surface area contributed by atoms with E-state index in [1.54, 1.807) is 0 Å². The van der Waals surface area contributed by atoms with Gasteiger partial charge >= 0.3 is 9.28 Å². The molecule has 0 amide bonds. The van der Waals surface area contributed by atoms with Gasteiger partial charge in [0.05, 0.1) is 0 Å². The zero-order valence-electron chi connectivity index (χ0n) is 10.6. The molecular weight excluding hydrogens is 240 g/mol. The first kappa shape index (κ1) is 12.7. The third-order valence-corrected chi connectivity index (χ3v) is 4.66. The van der Waals surface area contributed by atoms with E-state index in [-0.39, 0.29) is 0 Å². The standard InChI is InChI=1S/C15H18O2Si/c1-2-13-18(16-14-9-5-3-6-10-14)17-15-11-7-4-8-12-15/h3-12,18H,2,13H2,1H3. The smallest absolute Gasteiger partial charge is 0.444 e. The number of para-hydroxylation sites is 2. The molecule has 0 N–H and O–H groups in total. The van der Waals surface area contributed by atoms with Crippen molar-refractivity contribution >= 4 is 9.28 Å². The Morgan fingerprint density at radius 1 is 0.778 bits per heavy atom. The first-order chi connectivity index (χ1) is 8.88. The van der Waals surface area contributed by atoms with E-state index in [1.807, 2.05) is 60.7 Å². The Morgan fingerprint density at radius 2 is 1.22 bits per heavy atom. The molecule has 0 atom stereocenters. The molecule has 0 spiro atoms. The Balaban J connectivity index is 2.00. The van der Waals surface area contributed by atoms with E-state index >= 15 is 0 Å². The molecule has 2 nitrogen and oxygen atoms in total. The highest BCUT2D eigenvalue weighted by Gasteiger charge is 2.15. The van der Waals surface area contributed by atoms with E-state index in [2.05, 4.69) is 6.92 Å². The van der Waals surface area contributed by atoms with Crippen LogP contribution in [0.2, 0.25) is 6.04 Å². The Morgan fingerprint density at radius 3 is 1.61 bits per heavy atom. The third-order valence-electron chi connectivity index (χ3n) is 2.55. The van der Waals surface area contributed by atoms with Crippen LogP contribution >= 0.6 is 0 Å². The maximum Gasteiger partial charge on any atom is 0.444 e. The van der Waals surface area contributed by atoms with Crippen LogP contribution in [0.15, 0.2) is 60.7 Å². The Kier molecular flexibility index (Phi) is 4.84. The molecule has 0 saturated heterocycles. The Labute approximate surface area is 110 Å². The minimum atomic E-state index is -1.69. The van der Waals surface area contributed by atoms with Crippen molar-refractivity contribution < 1.29 is 8.85 Å². The summed E-state index contributed by atoms with van der Waals surface area (Å²) in [6.45, 7) is 2.16. The molecule has 18 heavy (non-hydrogen) atoms. The molecule has 0 radical (unpaired) electrons. The van der Waals surface area contributed by atoms with E-state index in [9.17, 15) is 0 Å². The highest BCUT2D eigenvalue weighted by Crippen LogP contribution is 2.16. The molecule has 0 saturated carbocycles. The summed E-state index contributed by atoms with van der Waals surface area (Å²) in [4.78, 5) is 0. The molecular formula is C15H18O2Si. The predicted molar refractivity (Wildman–Crippen MR) is 76.4 cm³/mol. The molecule has 0 aliphatic rings. The van der Waals surface area contributed by atoms with Crippen LogP contribution < -0.4 is 8.85 Å². The molecule has 3 heteroatoms. The summed E-state index contributed by atoms with van der Waals surface area (Å²) in [5, 5.41) is 0. The summed E-state index contributed by atoms with van der Waals surface area (Å²) in [7, 11) is -1.69. The normalized spacial score (nSPS) is 10.3. The van der Waals surface area contributed by atoms with E-state index in [4.69, 9.17) is 8.85 Å². The van der Waals surface area contributed by atoms with Gasteiger partial charge in [-0.25, -0.2) is 0 Å². The maximum absolute atomic E-state index is 5.98. The monoisotopic (exact) mass is 258 g/mol. The van der Waals surface area contributed by atoms with Gasteiger partial charge in [0.1, 0.15) is 11.5 Å². The van der Waals surface area contributed by atoms with Crippen LogP contribution in [0.3, 0.4) is 0 Å². The minimum Gasteiger partial charge on any atom is -0.514 e. The molecule has 0 aromatic heterocycles. The zero-order chi connectivity index (χ0) is 12.6. The number of hydrogen-bond acceptors (Lipinski definition) is 2. The van der Waals surface area contributed by atoms with Crippen molar-refractivity contribution in [3.8, 4) is 11.5 Å². The first-order valence-corrected chi connectivity index (χ1v) is 8.08. The topological polar surface area (TPSA) is 18.5 Å². The molecule has 0 aliphatic heterocycles. The summed E-state index contributed by atoms with van der Waals surface area (Å²) in [5.74, 6) is 1.80. The summed E-state index contributed by atoms with van der Waals surface area (Å²) in [6.07, 6.45) is 1.08. The lowest BCUT2D eigenvalue weighted by atomic mass is 10.3. The molecule has 2 aromatic rings. The van der Waals surface area contributed by atoms with Crippen LogP contribution in [0.1, 0.15) is 13.3 Å². The second-order valence-corrected chi connectivity index (χ2v) is 5.99. The van der Waals surface area contributed by atoms with Gasteiger partial charge in [-0.2, -0.15) is 0 Å². The molecule has 2 rings (SSSR count). The first-order valence-electron chi connectivity index (χ1n) is 6.32. The van der Waals surface area contributed by atoms with E-state index < -0.39 is 9.28 Å². The summed E-state index contributed by atoms with van der Waals surface area (Å²) in [6, 6.07) is 20.8. The van der Waals surface area contributed by atoms with E-state index in [1.165, 1.54) is 0 Å². The zero-order valence-corrected chi connectivity index (χ0v) is 11.7. The lowest BCUT2D eigenvalue weighted by molar-refractivity contribution is 0.420. The maximum atomic E-state index is 5.98. The number of benzene rings is 2.